The number of aliphatic hydroxyl groups excluding tert-OH is 1. The van der Waals surface area contributed by atoms with Crippen molar-refractivity contribution in [2.45, 2.75) is 18.6 Å². The molecule has 4 aromatic heterocycles. The van der Waals surface area contributed by atoms with Crippen LogP contribution in [0.5, 0.6) is 5.75 Å². The topological polar surface area (TPSA) is 104 Å². The van der Waals surface area contributed by atoms with Crippen LogP contribution in [0.3, 0.4) is 0 Å². The van der Waals surface area contributed by atoms with Crippen LogP contribution in [0.1, 0.15) is 6.42 Å². The van der Waals surface area contributed by atoms with Crippen LogP contribution < -0.4 is 14.5 Å². The number of ether oxygens (including phenoxy) is 1. The molecule has 0 saturated carbocycles. The third-order valence-electron chi connectivity index (χ3n) is 5.55. The first-order valence-electron chi connectivity index (χ1n) is 9.97. The molecule has 5 heterocycles. The Hall–Kier alpha value is -2.95. The largest absolute Gasteiger partial charge is 0.489 e. The molecule has 0 spiro atoms. The number of anilines is 1. The number of rotatable bonds is 6. The van der Waals surface area contributed by atoms with Crippen molar-refractivity contribution < 1.29 is 14.2 Å². The SMILES string of the molecule is O[C@H]1CN(c2ccc(-c3cc(OCCF)cn4nc5[nH]ncc5c34)cn2)CC[C@@H]1NCl. The van der Waals surface area contributed by atoms with E-state index in [9.17, 15) is 9.50 Å². The third-order valence-corrected chi connectivity index (χ3v) is 5.83. The van der Waals surface area contributed by atoms with E-state index in [4.69, 9.17) is 16.5 Å². The smallest absolute Gasteiger partial charge is 0.178 e. The summed E-state index contributed by atoms with van der Waals surface area (Å²) >= 11 is 5.68. The fourth-order valence-corrected chi connectivity index (χ4v) is 4.25. The van der Waals surface area contributed by atoms with Crippen molar-refractivity contribution in [1.29, 1.82) is 0 Å². The Morgan fingerprint density at radius 1 is 1.35 bits per heavy atom. The molecule has 0 amide bonds. The Bertz CT molecular complexity index is 1200. The standard InChI is InChI=1S/C20H21ClFN7O2/c21-25-16-3-5-28(11-17(16)30)18-2-1-12(8-23-18)14-7-13(31-6-4-22)10-29-19(14)15-9-24-26-20(15)27-29/h1-2,7-10,16-17,25,30H,3-6,11H2,(H,26,27)/t16-,17-/m0/s1. The lowest BCUT2D eigenvalue weighted by atomic mass is 10.0. The van der Waals surface area contributed by atoms with E-state index in [2.05, 4.69) is 25.1 Å². The summed E-state index contributed by atoms with van der Waals surface area (Å²) in [7, 11) is 0. The number of halogens is 2. The van der Waals surface area contributed by atoms with E-state index in [-0.39, 0.29) is 12.6 Å². The van der Waals surface area contributed by atoms with Crippen LogP contribution in [-0.2, 0) is 0 Å². The number of alkyl halides is 1. The van der Waals surface area contributed by atoms with Gasteiger partial charge in [0.1, 0.15) is 24.8 Å². The molecule has 11 heteroatoms. The highest BCUT2D eigenvalue weighted by atomic mass is 35.5. The summed E-state index contributed by atoms with van der Waals surface area (Å²) in [6.45, 7) is 0.585. The highest BCUT2D eigenvalue weighted by Crippen LogP contribution is 2.33. The maximum absolute atomic E-state index is 12.6. The van der Waals surface area contributed by atoms with Gasteiger partial charge in [-0.05, 0) is 36.4 Å². The number of pyridine rings is 2. The van der Waals surface area contributed by atoms with Gasteiger partial charge in [0.25, 0.3) is 0 Å². The number of hydrogen-bond donors (Lipinski definition) is 3. The monoisotopic (exact) mass is 445 g/mol. The summed E-state index contributed by atoms with van der Waals surface area (Å²) in [5.41, 5.74) is 3.22. The molecule has 0 aromatic carbocycles. The Balaban J connectivity index is 1.51. The molecule has 31 heavy (non-hydrogen) atoms. The zero-order chi connectivity index (χ0) is 21.4. The van der Waals surface area contributed by atoms with Crippen molar-refractivity contribution in [2.75, 3.05) is 31.3 Å². The molecule has 1 saturated heterocycles. The molecule has 0 bridgehead atoms. The predicted octanol–water partition coefficient (Wildman–Crippen LogP) is 2.30. The molecule has 0 radical (unpaired) electrons. The van der Waals surface area contributed by atoms with Crippen LogP contribution in [0.15, 0.2) is 36.8 Å². The second-order valence-corrected chi connectivity index (χ2v) is 7.69. The van der Waals surface area contributed by atoms with Crippen molar-refractivity contribution in [2.24, 2.45) is 0 Å². The van der Waals surface area contributed by atoms with Gasteiger partial charge in [0.05, 0.1) is 35.4 Å². The minimum absolute atomic E-state index is 0.0295. The molecular weight excluding hydrogens is 425 g/mol. The van der Waals surface area contributed by atoms with Gasteiger partial charge in [-0.2, -0.15) is 5.10 Å². The number of aromatic amines is 1. The Morgan fingerprint density at radius 3 is 3.00 bits per heavy atom. The predicted molar refractivity (Wildman–Crippen MR) is 115 cm³/mol. The summed E-state index contributed by atoms with van der Waals surface area (Å²) in [5, 5.41) is 22.5. The van der Waals surface area contributed by atoms with E-state index in [0.717, 1.165) is 40.8 Å². The van der Waals surface area contributed by atoms with Crippen molar-refractivity contribution in [1.82, 2.24) is 29.6 Å². The van der Waals surface area contributed by atoms with E-state index in [0.29, 0.717) is 17.9 Å². The minimum atomic E-state index is -0.574. The van der Waals surface area contributed by atoms with Gasteiger partial charge in [-0.1, -0.05) is 0 Å². The molecule has 2 atom stereocenters. The van der Waals surface area contributed by atoms with Crippen LogP contribution in [-0.4, -0.2) is 68.4 Å². The first kappa shape index (κ1) is 20.0. The molecule has 0 aliphatic carbocycles. The number of piperidine rings is 1. The van der Waals surface area contributed by atoms with Gasteiger partial charge in [0, 0.05) is 30.4 Å². The second-order valence-electron chi connectivity index (χ2n) is 7.48. The van der Waals surface area contributed by atoms with Gasteiger partial charge >= 0.3 is 0 Å². The highest BCUT2D eigenvalue weighted by Gasteiger charge is 2.27. The zero-order valence-electron chi connectivity index (χ0n) is 16.5. The van der Waals surface area contributed by atoms with E-state index < -0.39 is 12.8 Å². The summed E-state index contributed by atoms with van der Waals surface area (Å²) in [5.74, 6) is 1.29. The molecule has 5 rings (SSSR count). The summed E-state index contributed by atoms with van der Waals surface area (Å²) in [6.07, 6.45) is 5.37. The summed E-state index contributed by atoms with van der Waals surface area (Å²) in [6, 6.07) is 5.62. The molecule has 1 aliphatic rings. The average molecular weight is 446 g/mol. The molecule has 4 aromatic rings. The first-order chi connectivity index (χ1) is 15.2. The van der Waals surface area contributed by atoms with Crippen LogP contribution in [0.2, 0.25) is 0 Å². The fourth-order valence-electron chi connectivity index (χ4n) is 4.00. The third kappa shape index (κ3) is 3.67. The van der Waals surface area contributed by atoms with Crippen LogP contribution >= 0.6 is 11.8 Å². The number of nitrogens with one attached hydrogen (secondary N) is 2. The number of nitrogens with zero attached hydrogens (tertiary/aromatic N) is 5. The zero-order valence-corrected chi connectivity index (χ0v) is 17.3. The number of hydrogen-bond acceptors (Lipinski definition) is 7. The molecule has 162 valence electrons. The van der Waals surface area contributed by atoms with Gasteiger partial charge in [-0.15, -0.1) is 5.10 Å². The van der Waals surface area contributed by atoms with Crippen LogP contribution in [0, 0.1) is 0 Å². The van der Waals surface area contributed by atoms with E-state index >= 15 is 0 Å². The Labute approximate surface area is 181 Å². The lowest BCUT2D eigenvalue weighted by Gasteiger charge is -2.35. The lowest BCUT2D eigenvalue weighted by Crippen LogP contribution is -2.50. The normalized spacial score (nSPS) is 19.4. The summed E-state index contributed by atoms with van der Waals surface area (Å²) in [4.78, 5) is 9.28. The van der Waals surface area contributed by atoms with Gasteiger partial charge in [-0.3, -0.25) is 5.10 Å². The number of H-pyrrole nitrogens is 1. The number of aromatic nitrogens is 5. The van der Waals surface area contributed by atoms with Crippen LogP contribution in [0.25, 0.3) is 27.7 Å². The van der Waals surface area contributed by atoms with Crippen molar-refractivity contribution in [3.8, 4) is 16.9 Å². The summed E-state index contributed by atoms with van der Waals surface area (Å²) < 4.78 is 19.8. The Morgan fingerprint density at radius 2 is 2.26 bits per heavy atom. The van der Waals surface area contributed by atoms with Crippen molar-refractivity contribution in [3.05, 3.63) is 36.8 Å². The quantitative estimate of drug-likeness (QED) is 0.391. The lowest BCUT2D eigenvalue weighted by molar-refractivity contribution is 0.125. The van der Waals surface area contributed by atoms with Gasteiger partial charge in [-0.25, -0.2) is 18.7 Å². The van der Waals surface area contributed by atoms with Crippen molar-refractivity contribution in [3.63, 3.8) is 0 Å². The molecule has 0 unspecified atom stereocenters. The molecule has 1 aliphatic heterocycles. The molecule has 1 fully saturated rings. The van der Waals surface area contributed by atoms with E-state index in [1.54, 1.807) is 23.1 Å². The molecule has 9 nitrogen and oxygen atoms in total. The number of fused-ring (bicyclic) bond motifs is 3. The van der Waals surface area contributed by atoms with Crippen LogP contribution in [0.4, 0.5) is 10.2 Å². The molecule has 3 N–H and O–H groups in total. The van der Waals surface area contributed by atoms with Crippen molar-refractivity contribution >= 4 is 34.1 Å². The maximum atomic E-state index is 12.6. The number of aliphatic hydroxyl groups is 1. The Kier molecular flexibility index (Phi) is 5.34. The first-order valence-corrected chi connectivity index (χ1v) is 10.4. The minimum Gasteiger partial charge on any atom is -0.489 e. The number of β-amino-alcohol motifs (C(OH)–C–C–N with tert-alkyl or cyclic N) is 1. The van der Waals surface area contributed by atoms with Gasteiger partial charge in [0.2, 0.25) is 0 Å². The maximum Gasteiger partial charge on any atom is 0.178 e. The average Bonchev–Trinajstić information content (AvgIpc) is 3.38. The van der Waals surface area contributed by atoms with E-state index in [1.807, 2.05) is 23.1 Å². The highest BCUT2D eigenvalue weighted by molar-refractivity contribution is 6.13. The second kappa shape index (κ2) is 8.29. The van der Waals surface area contributed by atoms with E-state index in [1.165, 1.54) is 0 Å². The van der Waals surface area contributed by atoms with Gasteiger partial charge < -0.3 is 14.7 Å². The van der Waals surface area contributed by atoms with Gasteiger partial charge in [0.15, 0.2) is 5.65 Å². The fraction of sp³-hybridized carbons (Fsp3) is 0.350. The molecular formula is C20H21ClFN7O2.